The summed E-state index contributed by atoms with van der Waals surface area (Å²) in [7, 11) is -2.48. The van der Waals surface area contributed by atoms with Crippen LogP contribution in [-0.2, 0) is 17.1 Å². The van der Waals surface area contributed by atoms with E-state index in [1.165, 1.54) is 24.1 Å². The van der Waals surface area contributed by atoms with Crippen LogP contribution < -0.4 is 10.5 Å². The van der Waals surface area contributed by atoms with Gasteiger partial charge in [-0.3, -0.25) is 9.48 Å². The number of hydrogen-bond donors (Lipinski definition) is 2. The number of anilines is 1. The number of rotatable bonds is 3. The largest absolute Gasteiger partial charge is 0.351 e. The first-order chi connectivity index (χ1) is 8.79. The Kier molecular flexibility index (Phi) is 3.12. The fraction of sp³-hybridized carbons (Fsp3) is 0.222. The van der Waals surface area contributed by atoms with Crippen LogP contribution in [-0.4, -0.2) is 29.3 Å². The second-order valence-electron chi connectivity index (χ2n) is 3.85. The highest BCUT2D eigenvalue weighted by Crippen LogP contribution is 2.18. The van der Waals surface area contributed by atoms with Gasteiger partial charge in [0.1, 0.15) is 4.90 Å². The smallest absolute Gasteiger partial charge is 0.295 e. The molecule has 0 saturated carbocycles. The van der Waals surface area contributed by atoms with Gasteiger partial charge in [-0.05, 0) is 6.92 Å². The number of hydrogen-bond acceptors (Lipinski definition) is 6. The zero-order valence-electron chi connectivity index (χ0n) is 10.1. The van der Waals surface area contributed by atoms with Crippen molar-refractivity contribution in [3.8, 4) is 0 Å². The molecule has 0 aliphatic rings. The zero-order chi connectivity index (χ0) is 14.2. The second kappa shape index (κ2) is 4.48. The van der Waals surface area contributed by atoms with Gasteiger partial charge in [0.05, 0.1) is 6.20 Å². The molecule has 0 spiro atoms. The number of carbonyl (C=O) groups excluding carboxylic acids is 1. The number of aromatic nitrogens is 3. The molecule has 0 radical (unpaired) electrons. The monoisotopic (exact) mass is 285 g/mol. The van der Waals surface area contributed by atoms with Gasteiger partial charge in [-0.25, -0.2) is 13.6 Å². The summed E-state index contributed by atoms with van der Waals surface area (Å²) in [6.07, 6.45) is 2.56. The van der Waals surface area contributed by atoms with Gasteiger partial charge in [-0.15, -0.1) is 0 Å². The van der Waals surface area contributed by atoms with Crippen molar-refractivity contribution in [2.45, 2.75) is 11.8 Å². The number of nitrogens with zero attached hydrogens (tertiary/aromatic N) is 3. The lowest BCUT2D eigenvalue weighted by Crippen LogP contribution is -2.18. The highest BCUT2D eigenvalue weighted by molar-refractivity contribution is 7.89. The molecule has 0 aromatic carbocycles. The van der Waals surface area contributed by atoms with Gasteiger partial charge in [-0.2, -0.15) is 5.10 Å². The highest BCUT2D eigenvalue weighted by Gasteiger charge is 2.22. The van der Waals surface area contributed by atoms with E-state index in [9.17, 15) is 13.2 Å². The summed E-state index contributed by atoms with van der Waals surface area (Å²) in [6, 6.07) is 0. The quantitative estimate of drug-likeness (QED) is 0.789. The topological polar surface area (TPSA) is 133 Å². The molecule has 19 heavy (non-hydrogen) atoms. The first-order valence-corrected chi connectivity index (χ1v) is 6.62. The number of aryl methyl sites for hydroxylation is 2. The van der Waals surface area contributed by atoms with Gasteiger partial charge in [-0.1, -0.05) is 5.16 Å². The maximum Gasteiger partial charge on any atom is 0.295 e. The van der Waals surface area contributed by atoms with Gasteiger partial charge < -0.3 is 9.84 Å². The number of nitrogens with two attached hydrogens (primary N) is 1. The van der Waals surface area contributed by atoms with Crippen molar-refractivity contribution in [1.29, 1.82) is 0 Å². The lowest BCUT2D eigenvalue weighted by atomic mass is 10.3. The van der Waals surface area contributed by atoms with Crippen molar-refractivity contribution in [3.63, 3.8) is 0 Å². The van der Waals surface area contributed by atoms with Crippen LogP contribution in [0.25, 0.3) is 0 Å². The summed E-state index contributed by atoms with van der Waals surface area (Å²) in [5, 5.41) is 14.6. The fourth-order valence-corrected chi connectivity index (χ4v) is 2.10. The zero-order valence-corrected chi connectivity index (χ0v) is 10.9. The van der Waals surface area contributed by atoms with Crippen LogP contribution in [0.3, 0.4) is 0 Å². The molecule has 3 N–H and O–H groups in total. The first kappa shape index (κ1) is 13.2. The molecule has 0 aliphatic heterocycles. The molecular formula is C9H11N5O4S. The maximum atomic E-state index is 11.9. The minimum absolute atomic E-state index is 0.0222. The van der Waals surface area contributed by atoms with E-state index in [2.05, 4.69) is 15.6 Å². The van der Waals surface area contributed by atoms with Crippen LogP contribution in [0.1, 0.15) is 16.1 Å². The Morgan fingerprint density at radius 3 is 2.74 bits per heavy atom. The molecule has 10 heteroatoms. The van der Waals surface area contributed by atoms with Crippen LogP contribution in [0.15, 0.2) is 21.8 Å². The molecule has 2 rings (SSSR count). The van der Waals surface area contributed by atoms with E-state index < -0.39 is 15.9 Å². The molecule has 0 unspecified atom stereocenters. The molecule has 2 aromatic rings. The molecule has 1 amide bonds. The minimum Gasteiger partial charge on any atom is -0.351 e. The second-order valence-corrected chi connectivity index (χ2v) is 5.38. The number of amides is 1. The van der Waals surface area contributed by atoms with Gasteiger partial charge in [0, 0.05) is 18.8 Å². The molecule has 0 aliphatic carbocycles. The summed E-state index contributed by atoms with van der Waals surface area (Å²) < 4.78 is 28.7. The summed E-state index contributed by atoms with van der Waals surface area (Å²) >= 11 is 0. The van der Waals surface area contributed by atoms with E-state index in [1.807, 2.05) is 0 Å². The molecule has 9 nitrogen and oxygen atoms in total. The maximum absolute atomic E-state index is 11.9. The fourth-order valence-electron chi connectivity index (χ4n) is 1.44. The Balaban J connectivity index is 2.35. The molecule has 0 atom stereocenters. The Morgan fingerprint density at radius 1 is 1.53 bits per heavy atom. The van der Waals surface area contributed by atoms with Crippen molar-refractivity contribution >= 4 is 21.7 Å². The Labute approximate surface area is 108 Å². The third-order valence-corrected chi connectivity index (χ3v) is 3.20. The first-order valence-electron chi connectivity index (χ1n) is 5.08. The third-order valence-electron chi connectivity index (χ3n) is 2.29. The average molecular weight is 285 g/mol. The lowest BCUT2D eigenvalue weighted by molar-refractivity contribution is 0.0986. The van der Waals surface area contributed by atoms with Crippen molar-refractivity contribution in [3.05, 3.63) is 23.7 Å². The predicted octanol–water partition coefficient (Wildman–Crippen LogP) is -0.384. The molecule has 2 aromatic heterocycles. The van der Waals surface area contributed by atoms with E-state index in [0.29, 0.717) is 5.56 Å². The lowest BCUT2D eigenvalue weighted by Gasteiger charge is -2.01. The van der Waals surface area contributed by atoms with E-state index >= 15 is 0 Å². The Bertz CT molecular complexity index is 730. The molecule has 102 valence electrons. The average Bonchev–Trinajstić information content (AvgIpc) is 2.84. The van der Waals surface area contributed by atoms with Crippen LogP contribution >= 0.6 is 0 Å². The van der Waals surface area contributed by atoms with Crippen molar-refractivity contribution in [1.82, 2.24) is 14.9 Å². The van der Waals surface area contributed by atoms with Crippen LogP contribution in [0.4, 0.5) is 5.82 Å². The molecular weight excluding hydrogens is 274 g/mol. The standard InChI is InChI=1S/C9H11N5O4S/c1-5-3-11-18-7(5)9(15)12-8-6(19(10,16)17)4-14(2)13-8/h3-4H,1-2H3,(H2,10,16,17)(H,12,13,15). The van der Waals surface area contributed by atoms with E-state index in [0.717, 1.165) is 0 Å². The van der Waals surface area contributed by atoms with Gasteiger partial charge in [0.25, 0.3) is 5.91 Å². The molecule has 0 saturated heterocycles. The van der Waals surface area contributed by atoms with Gasteiger partial charge in [0.15, 0.2) is 5.82 Å². The summed E-state index contributed by atoms with van der Waals surface area (Å²) in [6.45, 7) is 1.63. The Hall–Kier alpha value is -2.20. The SMILES string of the molecule is Cc1cnoc1C(=O)Nc1nn(C)cc1S(N)(=O)=O. The van der Waals surface area contributed by atoms with Crippen molar-refractivity contribution in [2.75, 3.05) is 5.32 Å². The van der Waals surface area contributed by atoms with Crippen molar-refractivity contribution in [2.24, 2.45) is 12.2 Å². The predicted molar refractivity (Wildman–Crippen MR) is 63.8 cm³/mol. The highest BCUT2D eigenvalue weighted by atomic mass is 32.2. The summed E-state index contributed by atoms with van der Waals surface area (Å²) in [5.74, 6) is -0.838. The molecule has 0 fully saturated rings. The number of primary sulfonamides is 1. The molecule has 2 heterocycles. The van der Waals surface area contributed by atoms with E-state index in [4.69, 9.17) is 9.66 Å². The number of nitrogens with one attached hydrogen (secondary N) is 1. The third kappa shape index (κ3) is 2.63. The van der Waals surface area contributed by atoms with Gasteiger partial charge >= 0.3 is 0 Å². The van der Waals surface area contributed by atoms with Gasteiger partial charge in [0.2, 0.25) is 15.8 Å². The summed E-state index contributed by atoms with van der Waals surface area (Å²) in [4.78, 5) is 11.6. The minimum atomic E-state index is -3.98. The van der Waals surface area contributed by atoms with E-state index in [1.54, 1.807) is 6.92 Å². The van der Waals surface area contributed by atoms with Crippen LogP contribution in [0.5, 0.6) is 0 Å². The van der Waals surface area contributed by atoms with Crippen LogP contribution in [0, 0.1) is 6.92 Å². The summed E-state index contributed by atoms with van der Waals surface area (Å²) in [5.41, 5.74) is 0.519. The van der Waals surface area contributed by atoms with E-state index in [-0.39, 0.29) is 16.5 Å². The van der Waals surface area contributed by atoms with Crippen LogP contribution in [0.2, 0.25) is 0 Å². The normalized spacial score (nSPS) is 11.5. The molecule has 0 bridgehead atoms. The number of sulfonamides is 1. The number of carbonyl (C=O) groups is 1. The Morgan fingerprint density at radius 2 is 2.21 bits per heavy atom. The van der Waals surface area contributed by atoms with Crippen molar-refractivity contribution < 1.29 is 17.7 Å².